The van der Waals surface area contributed by atoms with Crippen LogP contribution in [0.2, 0.25) is 0 Å². The minimum Gasteiger partial charge on any atom is -0.311 e. The highest BCUT2D eigenvalue weighted by Crippen LogP contribution is 2.52. The van der Waals surface area contributed by atoms with Gasteiger partial charge in [0.25, 0.3) is 0 Å². The van der Waals surface area contributed by atoms with Crippen molar-refractivity contribution in [3.05, 3.63) is 229 Å². The first-order valence-corrected chi connectivity index (χ1v) is 19.4. The van der Waals surface area contributed by atoms with Gasteiger partial charge in [0.05, 0.1) is 16.7 Å². The minimum absolute atomic E-state index is 0.229. The molecule has 11 rings (SSSR count). The van der Waals surface area contributed by atoms with E-state index >= 15 is 0 Å². The van der Waals surface area contributed by atoms with Crippen molar-refractivity contribution in [2.75, 3.05) is 4.90 Å². The van der Waals surface area contributed by atoms with Crippen LogP contribution in [0.4, 0.5) is 17.1 Å². The largest absolute Gasteiger partial charge is 0.311 e. The molecule has 2 heteroatoms. The average molecular weight is 715 g/mol. The number of para-hydroxylation sites is 2. The Morgan fingerprint density at radius 3 is 1.66 bits per heavy atom. The molecule has 10 aromatic rings. The van der Waals surface area contributed by atoms with Gasteiger partial charge in [-0.15, -0.1) is 0 Å². The molecule has 0 aliphatic heterocycles. The SMILES string of the molecule is CC1(c2ccc(N(c3ccccc3)c3ccc(-c4ccc5c(c4)c4ccccc4n5-c4cccc5ccccc45)cc3)cc2)c2ccccc2-c2ccccc21. The number of hydrogen-bond acceptors (Lipinski definition) is 1. The lowest BCUT2D eigenvalue weighted by atomic mass is 9.74. The van der Waals surface area contributed by atoms with E-state index in [1.165, 1.54) is 77.2 Å². The predicted octanol–water partition coefficient (Wildman–Crippen LogP) is 14.4. The van der Waals surface area contributed by atoms with Gasteiger partial charge in [0.15, 0.2) is 0 Å². The molecule has 0 radical (unpaired) electrons. The van der Waals surface area contributed by atoms with E-state index in [0.717, 1.165) is 17.1 Å². The maximum atomic E-state index is 2.42. The molecule has 9 aromatic carbocycles. The van der Waals surface area contributed by atoms with Crippen molar-refractivity contribution in [3.63, 3.8) is 0 Å². The Labute approximate surface area is 327 Å². The van der Waals surface area contributed by atoms with Gasteiger partial charge in [-0.25, -0.2) is 0 Å². The second kappa shape index (κ2) is 12.7. The molecule has 1 aliphatic carbocycles. The average Bonchev–Trinajstić information content (AvgIpc) is 3.74. The molecule has 1 aromatic heterocycles. The first kappa shape index (κ1) is 32.3. The maximum absolute atomic E-state index is 2.42. The molecular weight excluding hydrogens is 677 g/mol. The Bertz CT molecular complexity index is 3030. The monoisotopic (exact) mass is 714 g/mol. The van der Waals surface area contributed by atoms with Crippen LogP contribution in [0.25, 0.3) is 60.5 Å². The van der Waals surface area contributed by atoms with Crippen LogP contribution in [-0.4, -0.2) is 4.57 Å². The van der Waals surface area contributed by atoms with Gasteiger partial charge < -0.3 is 9.47 Å². The number of aromatic nitrogens is 1. The van der Waals surface area contributed by atoms with Crippen molar-refractivity contribution in [1.29, 1.82) is 0 Å². The summed E-state index contributed by atoms with van der Waals surface area (Å²) in [5.74, 6) is 0. The second-order valence-corrected chi connectivity index (χ2v) is 15.1. The maximum Gasteiger partial charge on any atom is 0.0541 e. The standard InChI is InChI=1S/C54H38N2/c1-54(49-22-10-7-19-45(49)46-20-8-11-23-50(46)54)40-29-33-43(34-30-40)55(41-16-3-2-4-17-41)42-31-26-37(27-32-42)39-28-35-53-48(36-39)47-21-9-12-24-52(47)56(53)51-25-13-15-38-14-5-6-18-44(38)51/h2-36H,1H3. The minimum atomic E-state index is -0.229. The van der Waals surface area contributed by atoms with Gasteiger partial charge in [0, 0.05) is 38.6 Å². The lowest BCUT2D eigenvalue weighted by Crippen LogP contribution is -2.22. The number of nitrogens with zero attached hydrogens (tertiary/aromatic N) is 2. The Kier molecular flexibility index (Phi) is 7.33. The van der Waals surface area contributed by atoms with Crippen LogP contribution in [0.3, 0.4) is 0 Å². The van der Waals surface area contributed by atoms with Gasteiger partial charge in [-0.2, -0.15) is 0 Å². The van der Waals surface area contributed by atoms with E-state index in [-0.39, 0.29) is 5.41 Å². The van der Waals surface area contributed by atoms with Crippen molar-refractivity contribution in [3.8, 4) is 27.9 Å². The van der Waals surface area contributed by atoms with Gasteiger partial charge in [-0.05, 0) is 112 Å². The van der Waals surface area contributed by atoms with E-state index in [9.17, 15) is 0 Å². The topological polar surface area (TPSA) is 8.17 Å². The molecule has 0 saturated carbocycles. The normalized spacial score (nSPS) is 12.9. The van der Waals surface area contributed by atoms with Crippen molar-refractivity contribution in [2.45, 2.75) is 12.3 Å². The molecule has 1 heterocycles. The van der Waals surface area contributed by atoms with Gasteiger partial charge in [-0.1, -0.05) is 152 Å². The molecule has 264 valence electrons. The Morgan fingerprint density at radius 2 is 0.929 bits per heavy atom. The summed E-state index contributed by atoms with van der Waals surface area (Å²) >= 11 is 0. The number of anilines is 3. The van der Waals surface area contributed by atoms with Gasteiger partial charge >= 0.3 is 0 Å². The second-order valence-electron chi connectivity index (χ2n) is 15.1. The molecule has 0 atom stereocenters. The predicted molar refractivity (Wildman–Crippen MR) is 236 cm³/mol. The fraction of sp³-hybridized carbons (Fsp3) is 0.0370. The number of fused-ring (bicyclic) bond motifs is 7. The van der Waals surface area contributed by atoms with Crippen LogP contribution >= 0.6 is 0 Å². The van der Waals surface area contributed by atoms with E-state index in [1.807, 2.05) is 0 Å². The lowest BCUT2D eigenvalue weighted by Gasteiger charge is -2.30. The third-order valence-corrected chi connectivity index (χ3v) is 12.1. The van der Waals surface area contributed by atoms with E-state index in [4.69, 9.17) is 0 Å². The molecule has 0 spiro atoms. The smallest absolute Gasteiger partial charge is 0.0541 e. The Balaban J connectivity index is 0.975. The summed E-state index contributed by atoms with van der Waals surface area (Å²) in [5, 5.41) is 5.00. The van der Waals surface area contributed by atoms with Crippen molar-refractivity contribution in [1.82, 2.24) is 4.57 Å². The first-order chi connectivity index (χ1) is 27.7. The Hall–Kier alpha value is -7.16. The molecule has 1 aliphatic rings. The third-order valence-electron chi connectivity index (χ3n) is 12.1. The highest BCUT2D eigenvalue weighted by Gasteiger charge is 2.40. The molecule has 0 unspecified atom stereocenters. The number of rotatable bonds is 6. The summed E-state index contributed by atoms with van der Waals surface area (Å²) in [6.07, 6.45) is 0. The van der Waals surface area contributed by atoms with Gasteiger partial charge in [0.2, 0.25) is 0 Å². The molecule has 0 saturated heterocycles. The summed E-state index contributed by atoms with van der Waals surface area (Å²) in [5.41, 5.74) is 15.8. The number of benzene rings is 9. The first-order valence-electron chi connectivity index (χ1n) is 19.4. The van der Waals surface area contributed by atoms with Crippen LogP contribution in [0.15, 0.2) is 212 Å². The van der Waals surface area contributed by atoms with E-state index in [0.29, 0.717) is 0 Å². The van der Waals surface area contributed by atoms with Crippen LogP contribution in [0.1, 0.15) is 23.6 Å². The van der Waals surface area contributed by atoms with Gasteiger partial charge in [-0.3, -0.25) is 0 Å². The summed E-state index contributed by atoms with van der Waals surface area (Å²) in [6.45, 7) is 2.37. The van der Waals surface area contributed by atoms with Crippen LogP contribution in [0.5, 0.6) is 0 Å². The lowest BCUT2D eigenvalue weighted by molar-refractivity contribution is 0.714. The van der Waals surface area contributed by atoms with E-state index in [2.05, 4.69) is 229 Å². The molecule has 56 heavy (non-hydrogen) atoms. The number of hydrogen-bond donors (Lipinski definition) is 0. The van der Waals surface area contributed by atoms with Crippen LogP contribution in [0, 0.1) is 0 Å². The molecular formula is C54H38N2. The zero-order chi connectivity index (χ0) is 37.2. The summed E-state index contributed by atoms with van der Waals surface area (Å²) < 4.78 is 2.42. The van der Waals surface area contributed by atoms with Crippen LogP contribution < -0.4 is 4.90 Å². The van der Waals surface area contributed by atoms with E-state index < -0.39 is 0 Å². The van der Waals surface area contributed by atoms with Gasteiger partial charge in [0.1, 0.15) is 0 Å². The summed E-state index contributed by atoms with van der Waals surface area (Å²) in [6, 6.07) is 77.6. The molecule has 0 amide bonds. The summed E-state index contributed by atoms with van der Waals surface area (Å²) in [4.78, 5) is 2.35. The zero-order valence-electron chi connectivity index (χ0n) is 31.1. The zero-order valence-corrected chi connectivity index (χ0v) is 31.1. The molecule has 0 bridgehead atoms. The van der Waals surface area contributed by atoms with E-state index in [1.54, 1.807) is 0 Å². The van der Waals surface area contributed by atoms with Crippen molar-refractivity contribution >= 4 is 49.6 Å². The molecule has 0 fully saturated rings. The highest BCUT2D eigenvalue weighted by molar-refractivity contribution is 6.11. The fourth-order valence-corrected chi connectivity index (χ4v) is 9.35. The van der Waals surface area contributed by atoms with Crippen LogP contribution in [-0.2, 0) is 5.41 Å². The highest BCUT2D eigenvalue weighted by atomic mass is 15.1. The quantitative estimate of drug-likeness (QED) is 0.166. The third kappa shape index (κ3) is 4.89. The summed E-state index contributed by atoms with van der Waals surface area (Å²) in [7, 11) is 0. The fourth-order valence-electron chi connectivity index (χ4n) is 9.35. The van der Waals surface area contributed by atoms with Crippen molar-refractivity contribution in [2.24, 2.45) is 0 Å². The Morgan fingerprint density at radius 1 is 0.393 bits per heavy atom. The molecule has 0 N–H and O–H groups in total. The van der Waals surface area contributed by atoms with Crippen molar-refractivity contribution < 1.29 is 0 Å². The molecule has 2 nitrogen and oxygen atoms in total.